The fourth-order valence-corrected chi connectivity index (χ4v) is 3.40. The van der Waals surface area contributed by atoms with Crippen molar-refractivity contribution in [1.82, 2.24) is 4.90 Å². The number of hydrogen-bond acceptors (Lipinski definition) is 4. The SMILES string of the molecule is CCS(=O)(=O)C1CN(C(=O)C(C)Oc2ccccc2F)C1. The van der Waals surface area contributed by atoms with Crippen LogP contribution in [0.4, 0.5) is 4.39 Å². The first-order chi connectivity index (χ1) is 9.85. The van der Waals surface area contributed by atoms with Gasteiger partial charge in [-0.3, -0.25) is 4.79 Å². The lowest BCUT2D eigenvalue weighted by Gasteiger charge is -2.39. The summed E-state index contributed by atoms with van der Waals surface area (Å²) < 4.78 is 42.0. The molecule has 1 unspecified atom stereocenters. The molecule has 5 nitrogen and oxygen atoms in total. The van der Waals surface area contributed by atoms with Crippen molar-refractivity contribution in [3.05, 3.63) is 30.1 Å². The number of carbonyl (C=O) groups is 1. The van der Waals surface area contributed by atoms with Crippen LogP contribution in [0.3, 0.4) is 0 Å². The van der Waals surface area contributed by atoms with Crippen molar-refractivity contribution < 1.29 is 22.3 Å². The van der Waals surface area contributed by atoms with Gasteiger partial charge in [-0.1, -0.05) is 19.1 Å². The molecule has 21 heavy (non-hydrogen) atoms. The average Bonchev–Trinajstić information content (AvgIpc) is 2.39. The summed E-state index contributed by atoms with van der Waals surface area (Å²) in [7, 11) is -3.11. The number of amides is 1. The number of carbonyl (C=O) groups excluding carboxylic acids is 1. The topological polar surface area (TPSA) is 63.7 Å². The summed E-state index contributed by atoms with van der Waals surface area (Å²) in [5.41, 5.74) is 0. The van der Waals surface area contributed by atoms with Crippen LogP contribution in [0.5, 0.6) is 5.75 Å². The van der Waals surface area contributed by atoms with E-state index >= 15 is 0 Å². The molecule has 0 bridgehead atoms. The fraction of sp³-hybridized carbons (Fsp3) is 0.500. The molecule has 0 aliphatic carbocycles. The highest BCUT2D eigenvalue weighted by atomic mass is 32.2. The minimum atomic E-state index is -3.11. The average molecular weight is 315 g/mol. The Morgan fingerprint density at radius 3 is 2.62 bits per heavy atom. The molecule has 0 aromatic heterocycles. The first kappa shape index (κ1) is 15.8. The Hall–Kier alpha value is -1.63. The maximum Gasteiger partial charge on any atom is 0.263 e. The first-order valence-electron chi connectivity index (χ1n) is 6.76. The molecule has 2 rings (SSSR count). The normalized spacial score (nSPS) is 17.2. The van der Waals surface area contributed by atoms with Gasteiger partial charge in [-0.05, 0) is 19.1 Å². The molecule has 0 N–H and O–H groups in total. The van der Waals surface area contributed by atoms with Crippen molar-refractivity contribution in [2.45, 2.75) is 25.2 Å². The molecule has 0 saturated carbocycles. The van der Waals surface area contributed by atoms with Crippen molar-refractivity contribution in [1.29, 1.82) is 0 Å². The summed E-state index contributed by atoms with van der Waals surface area (Å²) in [6.07, 6.45) is -0.854. The summed E-state index contributed by atoms with van der Waals surface area (Å²) in [6, 6.07) is 5.84. The van der Waals surface area contributed by atoms with Gasteiger partial charge in [0.15, 0.2) is 27.5 Å². The second kappa shape index (κ2) is 6.01. The molecule has 1 amide bonds. The van der Waals surface area contributed by atoms with E-state index in [0.717, 1.165) is 0 Å². The second-order valence-corrected chi connectivity index (χ2v) is 7.58. The molecule has 1 saturated heterocycles. The predicted octanol–water partition coefficient (Wildman–Crippen LogP) is 1.24. The van der Waals surface area contributed by atoms with E-state index in [9.17, 15) is 17.6 Å². The van der Waals surface area contributed by atoms with Crippen LogP contribution >= 0.6 is 0 Å². The number of ether oxygens (including phenoxy) is 1. The Kier molecular flexibility index (Phi) is 4.51. The van der Waals surface area contributed by atoms with E-state index in [1.807, 2.05) is 0 Å². The molecule has 7 heteroatoms. The van der Waals surface area contributed by atoms with Gasteiger partial charge in [-0.2, -0.15) is 0 Å². The third-order valence-electron chi connectivity index (χ3n) is 3.56. The lowest BCUT2D eigenvalue weighted by molar-refractivity contribution is -0.141. The summed E-state index contributed by atoms with van der Waals surface area (Å²) in [5, 5.41) is -0.493. The Morgan fingerprint density at radius 2 is 2.05 bits per heavy atom. The number of hydrogen-bond donors (Lipinski definition) is 0. The number of rotatable bonds is 5. The highest BCUT2D eigenvalue weighted by Crippen LogP contribution is 2.21. The van der Waals surface area contributed by atoms with Crippen LogP contribution in [-0.4, -0.2) is 49.4 Å². The van der Waals surface area contributed by atoms with Gasteiger partial charge in [0, 0.05) is 18.8 Å². The number of benzene rings is 1. The van der Waals surface area contributed by atoms with Crippen LogP contribution in [0, 0.1) is 5.82 Å². The standard InChI is InChI=1S/C14H18FNO4S/c1-3-21(18,19)11-8-16(9-11)14(17)10(2)20-13-7-5-4-6-12(13)15/h4-7,10-11H,3,8-9H2,1-2H3. The van der Waals surface area contributed by atoms with Gasteiger partial charge in [0.25, 0.3) is 5.91 Å². The highest BCUT2D eigenvalue weighted by molar-refractivity contribution is 7.92. The van der Waals surface area contributed by atoms with Crippen molar-refractivity contribution >= 4 is 15.7 Å². The first-order valence-corrected chi connectivity index (χ1v) is 8.48. The van der Waals surface area contributed by atoms with Gasteiger partial charge in [0.1, 0.15) is 0 Å². The zero-order valence-corrected chi connectivity index (χ0v) is 12.8. The van der Waals surface area contributed by atoms with Crippen molar-refractivity contribution in [3.63, 3.8) is 0 Å². The zero-order chi connectivity index (χ0) is 15.6. The number of nitrogens with zero attached hydrogens (tertiary/aromatic N) is 1. The van der Waals surface area contributed by atoms with Crippen LogP contribution in [-0.2, 0) is 14.6 Å². The predicted molar refractivity (Wildman–Crippen MR) is 76.3 cm³/mol. The maximum absolute atomic E-state index is 13.4. The molecular formula is C14H18FNO4S. The quantitative estimate of drug-likeness (QED) is 0.820. The Bertz CT molecular complexity index is 626. The molecule has 1 atom stereocenters. The highest BCUT2D eigenvalue weighted by Gasteiger charge is 2.40. The van der Waals surface area contributed by atoms with Gasteiger partial charge in [-0.15, -0.1) is 0 Å². The van der Waals surface area contributed by atoms with Crippen LogP contribution in [0.2, 0.25) is 0 Å². The Balaban J connectivity index is 1.92. The van der Waals surface area contributed by atoms with E-state index in [4.69, 9.17) is 4.74 Å². The summed E-state index contributed by atoms with van der Waals surface area (Å²) in [4.78, 5) is 13.5. The number of halogens is 1. The molecular weight excluding hydrogens is 297 g/mol. The molecule has 116 valence electrons. The largest absolute Gasteiger partial charge is 0.478 e. The molecule has 1 fully saturated rings. The monoisotopic (exact) mass is 315 g/mol. The van der Waals surface area contributed by atoms with E-state index < -0.39 is 27.0 Å². The minimum Gasteiger partial charge on any atom is -0.478 e. The molecule has 1 aliphatic rings. The second-order valence-electron chi connectivity index (χ2n) is 5.01. The third-order valence-corrected chi connectivity index (χ3v) is 5.68. The van der Waals surface area contributed by atoms with E-state index in [-0.39, 0.29) is 30.5 Å². The van der Waals surface area contributed by atoms with Gasteiger partial charge in [0.2, 0.25) is 0 Å². The molecule has 1 aromatic rings. The molecule has 1 aliphatic heterocycles. The lowest BCUT2D eigenvalue weighted by Crippen LogP contribution is -2.59. The van der Waals surface area contributed by atoms with Crippen molar-refractivity contribution in [3.8, 4) is 5.75 Å². The number of para-hydroxylation sites is 1. The van der Waals surface area contributed by atoms with E-state index in [0.29, 0.717) is 0 Å². The van der Waals surface area contributed by atoms with E-state index in [1.165, 1.54) is 30.0 Å². The van der Waals surface area contributed by atoms with Crippen molar-refractivity contribution in [2.24, 2.45) is 0 Å². The summed E-state index contributed by atoms with van der Waals surface area (Å²) in [6.45, 7) is 3.47. The summed E-state index contributed by atoms with van der Waals surface area (Å²) in [5.74, 6) is -0.786. The van der Waals surface area contributed by atoms with Gasteiger partial charge < -0.3 is 9.64 Å². The fourth-order valence-electron chi connectivity index (χ4n) is 2.12. The van der Waals surface area contributed by atoms with E-state index in [2.05, 4.69) is 0 Å². The smallest absolute Gasteiger partial charge is 0.263 e. The van der Waals surface area contributed by atoms with Gasteiger partial charge in [-0.25, -0.2) is 12.8 Å². The molecule has 1 aromatic carbocycles. The van der Waals surface area contributed by atoms with Gasteiger partial charge >= 0.3 is 0 Å². The molecule has 0 radical (unpaired) electrons. The minimum absolute atomic E-state index is 0.0107. The Labute approximate surface area is 123 Å². The maximum atomic E-state index is 13.4. The third kappa shape index (κ3) is 3.34. The number of likely N-dealkylation sites (tertiary alicyclic amines) is 1. The Morgan fingerprint density at radius 1 is 1.43 bits per heavy atom. The van der Waals surface area contributed by atoms with Crippen LogP contribution in [0.1, 0.15) is 13.8 Å². The van der Waals surface area contributed by atoms with Crippen molar-refractivity contribution in [2.75, 3.05) is 18.8 Å². The van der Waals surface area contributed by atoms with Crippen LogP contribution in [0.25, 0.3) is 0 Å². The number of sulfone groups is 1. The lowest BCUT2D eigenvalue weighted by atomic mass is 10.2. The van der Waals surface area contributed by atoms with E-state index in [1.54, 1.807) is 13.0 Å². The van der Waals surface area contributed by atoms with Gasteiger partial charge in [0.05, 0.1) is 5.25 Å². The summed E-state index contributed by atoms with van der Waals surface area (Å²) >= 11 is 0. The molecule has 0 spiro atoms. The van der Waals surface area contributed by atoms with Crippen LogP contribution < -0.4 is 4.74 Å². The van der Waals surface area contributed by atoms with Crippen LogP contribution in [0.15, 0.2) is 24.3 Å². The zero-order valence-electron chi connectivity index (χ0n) is 12.0. The molecule has 1 heterocycles.